The quantitative estimate of drug-likeness (QED) is 0.775. The molecule has 2 aromatic rings. The summed E-state index contributed by atoms with van der Waals surface area (Å²) in [5.41, 5.74) is 4.94. The van der Waals surface area contributed by atoms with E-state index in [9.17, 15) is 4.79 Å². The van der Waals surface area contributed by atoms with Crippen molar-refractivity contribution >= 4 is 17.3 Å². The van der Waals surface area contributed by atoms with Crippen LogP contribution in [0.1, 0.15) is 11.1 Å². The molecular formula is C25H34N4O2. The van der Waals surface area contributed by atoms with Crippen molar-refractivity contribution in [1.82, 2.24) is 10.2 Å². The zero-order chi connectivity index (χ0) is 22.0. The maximum atomic E-state index is 13.3. The maximum absolute atomic E-state index is 13.3. The third-order valence-corrected chi connectivity index (χ3v) is 6.52. The van der Waals surface area contributed by atoms with Gasteiger partial charge in [-0.1, -0.05) is 23.8 Å². The largest absolute Gasteiger partial charge is 0.497 e. The SMILES string of the molecule is COc1ccc2c(c1)N1CCN(c3ccc(C)cc3)C[C@@H]1[C@@H](C(=O)NCCN(C)C)C2. The number of piperazine rings is 1. The maximum Gasteiger partial charge on any atom is 0.225 e. The van der Waals surface area contributed by atoms with E-state index < -0.39 is 0 Å². The summed E-state index contributed by atoms with van der Waals surface area (Å²) in [6.45, 7) is 6.29. The Balaban J connectivity index is 1.60. The molecule has 1 fully saturated rings. The zero-order valence-electron chi connectivity index (χ0n) is 19.1. The van der Waals surface area contributed by atoms with E-state index in [1.807, 2.05) is 20.2 Å². The summed E-state index contributed by atoms with van der Waals surface area (Å²) in [6.07, 6.45) is 0.760. The Hall–Kier alpha value is -2.73. The third kappa shape index (κ3) is 4.64. The minimum absolute atomic E-state index is 0.0729. The molecule has 0 radical (unpaired) electrons. The van der Waals surface area contributed by atoms with Crippen LogP contribution in [0.15, 0.2) is 42.5 Å². The monoisotopic (exact) mass is 422 g/mol. The Bertz CT molecular complexity index is 912. The topological polar surface area (TPSA) is 48.1 Å². The predicted octanol–water partition coefficient (Wildman–Crippen LogP) is 2.55. The van der Waals surface area contributed by atoms with Crippen LogP contribution in [0, 0.1) is 12.8 Å². The summed E-state index contributed by atoms with van der Waals surface area (Å²) in [7, 11) is 5.76. The average Bonchev–Trinajstić information content (AvgIpc) is 2.78. The highest BCUT2D eigenvalue weighted by Gasteiger charge is 2.41. The molecule has 4 rings (SSSR count). The van der Waals surface area contributed by atoms with Crippen LogP contribution >= 0.6 is 0 Å². The van der Waals surface area contributed by atoms with Gasteiger partial charge >= 0.3 is 0 Å². The number of carbonyl (C=O) groups is 1. The summed E-state index contributed by atoms with van der Waals surface area (Å²) >= 11 is 0. The Kier molecular flexibility index (Phi) is 6.37. The number of amides is 1. The van der Waals surface area contributed by atoms with Crippen LogP contribution in [0.3, 0.4) is 0 Å². The molecule has 2 aliphatic heterocycles. The molecule has 2 aliphatic rings. The molecule has 0 spiro atoms. The number of benzene rings is 2. The molecule has 166 valence electrons. The summed E-state index contributed by atoms with van der Waals surface area (Å²) in [4.78, 5) is 20.2. The van der Waals surface area contributed by atoms with Crippen molar-refractivity contribution in [1.29, 1.82) is 0 Å². The van der Waals surface area contributed by atoms with Crippen LogP contribution in [0.5, 0.6) is 5.75 Å². The van der Waals surface area contributed by atoms with Gasteiger partial charge in [0, 0.05) is 50.2 Å². The number of fused-ring (bicyclic) bond motifs is 3. The molecule has 1 N–H and O–H groups in total. The van der Waals surface area contributed by atoms with Crippen LogP contribution in [-0.4, -0.2) is 70.8 Å². The van der Waals surface area contributed by atoms with Crippen molar-refractivity contribution in [3.05, 3.63) is 53.6 Å². The first-order chi connectivity index (χ1) is 15.0. The van der Waals surface area contributed by atoms with E-state index in [4.69, 9.17) is 4.74 Å². The fraction of sp³-hybridized carbons (Fsp3) is 0.480. The van der Waals surface area contributed by atoms with Gasteiger partial charge in [0.15, 0.2) is 0 Å². The molecule has 0 unspecified atom stereocenters. The van der Waals surface area contributed by atoms with Gasteiger partial charge < -0.3 is 24.8 Å². The molecule has 6 nitrogen and oxygen atoms in total. The van der Waals surface area contributed by atoms with Crippen LogP contribution in [0.25, 0.3) is 0 Å². The van der Waals surface area contributed by atoms with Gasteiger partial charge in [-0.05, 0) is 51.2 Å². The number of carbonyl (C=O) groups excluding carboxylic acids is 1. The Morgan fingerprint density at radius 3 is 2.65 bits per heavy atom. The Morgan fingerprint density at radius 2 is 1.94 bits per heavy atom. The molecule has 1 saturated heterocycles. The second-order valence-electron chi connectivity index (χ2n) is 8.94. The molecule has 2 heterocycles. The number of methoxy groups -OCH3 is 1. The summed E-state index contributed by atoms with van der Waals surface area (Å²) < 4.78 is 5.49. The highest BCUT2D eigenvalue weighted by Crippen LogP contribution is 2.38. The summed E-state index contributed by atoms with van der Waals surface area (Å²) in [6, 6.07) is 15.1. The van der Waals surface area contributed by atoms with E-state index >= 15 is 0 Å². The predicted molar refractivity (Wildman–Crippen MR) is 126 cm³/mol. The van der Waals surface area contributed by atoms with Crippen molar-refractivity contribution in [2.24, 2.45) is 5.92 Å². The van der Waals surface area contributed by atoms with Crippen LogP contribution in [-0.2, 0) is 11.2 Å². The fourth-order valence-electron chi connectivity index (χ4n) is 4.73. The number of aryl methyl sites for hydroxylation is 1. The first-order valence-electron chi connectivity index (χ1n) is 11.1. The molecule has 0 saturated carbocycles. The van der Waals surface area contributed by atoms with Crippen LogP contribution < -0.4 is 19.9 Å². The Labute approximate surface area is 185 Å². The molecular weight excluding hydrogens is 388 g/mol. The average molecular weight is 423 g/mol. The van der Waals surface area contributed by atoms with Gasteiger partial charge in [-0.3, -0.25) is 4.79 Å². The lowest BCUT2D eigenvalue weighted by atomic mass is 9.83. The first kappa shape index (κ1) is 21.5. The number of likely N-dealkylation sites (N-methyl/N-ethyl adjacent to an activating group) is 1. The van der Waals surface area contributed by atoms with Crippen molar-refractivity contribution < 1.29 is 9.53 Å². The van der Waals surface area contributed by atoms with Crippen molar-refractivity contribution in [2.75, 3.05) is 63.7 Å². The molecule has 31 heavy (non-hydrogen) atoms. The standard InChI is InChI=1S/C25H34N4O2/c1-18-5-8-20(9-6-18)28-13-14-29-23-16-21(31-4)10-7-19(23)15-22(24(29)17-28)25(30)26-11-12-27(2)3/h5-10,16,22,24H,11-15,17H2,1-4H3,(H,26,30)/t22-,24+/m0/s1. The second kappa shape index (κ2) is 9.18. The molecule has 6 heteroatoms. The molecule has 2 aromatic carbocycles. The molecule has 0 bridgehead atoms. The van der Waals surface area contributed by atoms with Crippen molar-refractivity contribution in [3.63, 3.8) is 0 Å². The minimum Gasteiger partial charge on any atom is -0.497 e. The lowest BCUT2D eigenvalue weighted by Gasteiger charge is -2.49. The number of anilines is 2. The Morgan fingerprint density at radius 1 is 1.16 bits per heavy atom. The van der Waals surface area contributed by atoms with E-state index in [-0.39, 0.29) is 17.9 Å². The summed E-state index contributed by atoms with van der Waals surface area (Å²) in [5, 5.41) is 3.18. The highest BCUT2D eigenvalue weighted by atomic mass is 16.5. The van der Waals surface area contributed by atoms with Crippen LogP contribution in [0.4, 0.5) is 11.4 Å². The van der Waals surface area contributed by atoms with E-state index in [2.05, 4.69) is 63.3 Å². The van der Waals surface area contributed by atoms with Gasteiger partial charge in [0.1, 0.15) is 5.75 Å². The minimum atomic E-state index is -0.0729. The van der Waals surface area contributed by atoms with E-state index in [1.165, 1.54) is 22.5 Å². The normalized spacial score (nSPS) is 20.3. The van der Waals surface area contributed by atoms with Gasteiger partial charge in [0.05, 0.1) is 19.1 Å². The van der Waals surface area contributed by atoms with Crippen molar-refractivity contribution in [2.45, 2.75) is 19.4 Å². The van der Waals surface area contributed by atoms with Gasteiger partial charge in [-0.15, -0.1) is 0 Å². The molecule has 2 atom stereocenters. The molecule has 0 aromatic heterocycles. The lowest BCUT2D eigenvalue weighted by molar-refractivity contribution is -0.125. The van der Waals surface area contributed by atoms with Crippen molar-refractivity contribution in [3.8, 4) is 5.75 Å². The lowest BCUT2D eigenvalue weighted by Crippen LogP contribution is -2.61. The van der Waals surface area contributed by atoms with Gasteiger partial charge in [-0.2, -0.15) is 0 Å². The second-order valence-corrected chi connectivity index (χ2v) is 8.94. The van der Waals surface area contributed by atoms with Gasteiger partial charge in [0.25, 0.3) is 0 Å². The smallest absolute Gasteiger partial charge is 0.225 e. The number of nitrogens with one attached hydrogen (secondary N) is 1. The fourth-order valence-corrected chi connectivity index (χ4v) is 4.73. The highest BCUT2D eigenvalue weighted by molar-refractivity contribution is 5.82. The summed E-state index contributed by atoms with van der Waals surface area (Å²) in [5.74, 6) is 0.952. The van der Waals surface area contributed by atoms with E-state index in [1.54, 1.807) is 7.11 Å². The van der Waals surface area contributed by atoms with Crippen LogP contribution in [0.2, 0.25) is 0 Å². The molecule has 0 aliphatic carbocycles. The number of hydrogen-bond acceptors (Lipinski definition) is 5. The van der Waals surface area contributed by atoms with Gasteiger partial charge in [-0.25, -0.2) is 0 Å². The number of hydrogen-bond donors (Lipinski definition) is 1. The third-order valence-electron chi connectivity index (χ3n) is 6.52. The zero-order valence-corrected chi connectivity index (χ0v) is 19.1. The number of nitrogens with zero attached hydrogens (tertiary/aromatic N) is 3. The number of rotatable bonds is 6. The molecule has 1 amide bonds. The van der Waals surface area contributed by atoms with E-state index in [0.717, 1.165) is 38.3 Å². The van der Waals surface area contributed by atoms with Gasteiger partial charge in [0.2, 0.25) is 5.91 Å². The number of ether oxygens (including phenoxy) is 1. The first-order valence-corrected chi connectivity index (χ1v) is 11.1. The van der Waals surface area contributed by atoms with E-state index in [0.29, 0.717) is 6.54 Å².